The summed E-state index contributed by atoms with van der Waals surface area (Å²) in [6, 6.07) is -0.828. The summed E-state index contributed by atoms with van der Waals surface area (Å²) < 4.78 is 49.5. The fourth-order valence-electron chi connectivity index (χ4n) is 6.52. The summed E-state index contributed by atoms with van der Waals surface area (Å²) in [5.41, 5.74) is 0.0214. The molecular weight excluding hydrogens is 640 g/mol. The maximum absolute atomic E-state index is 12.7. The molecule has 4 aliphatic rings. The Morgan fingerprint density at radius 2 is 1.08 bits per heavy atom. The van der Waals surface area contributed by atoms with Crippen LogP contribution in [-0.2, 0) is 47.4 Å². The number of hydrogen-bond donors (Lipinski definition) is 0. The fourth-order valence-corrected chi connectivity index (χ4v) is 6.52. The van der Waals surface area contributed by atoms with E-state index in [4.69, 9.17) is 42.6 Å². The summed E-state index contributed by atoms with van der Waals surface area (Å²) in [6.07, 6.45) is 1.51. The molecule has 0 aromatic rings. The van der Waals surface area contributed by atoms with Crippen molar-refractivity contribution in [3.63, 3.8) is 0 Å². The Morgan fingerprint density at radius 3 is 1.37 bits per heavy atom. The highest BCUT2D eigenvalue weighted by Crippen LogP contribution is 2.43. The van der Waals surface area contributed by atoms with E-state index < -0.39 is 46.9 Å². The molecular formula is C35H62N2O12. The van der Waals surface area contributed by atoms with E-state index in [0.717, 1.165) is 19.5 Å². The Kier molecular flexibility index (Phi) is 15.5. The summed E-state index contributed by atoms with van der Waals surface area (Å²) in [5, 5.41) is 0. The first-order valence-corrected chi connectivity index (χ1v) is 16.9. The predicted octanol–water partition coefficient (Wildman–Crippen LogP) is 4.43. The zero-order chi connectivity index (χ0) is 37.4. The van der Waals surface area contributed by atoms with Crippen LogP contribution >= 0.6 is 0 Å². The Labute approximate surface area is 292 Å². The standard InChI is InChI=1S/C17H29NO5.C14H23NO6.C4H10O/c1-11(2)8-12-9-18(15(19)23-16(3,4)5)14-13(12)22-10-17(14,20-6)21-7;1-13(2,3)21-12(17)15-6-9(7-16)10-11(15)14(18-4,19-5)8-20-10;1-3-5-4-2/h8,12-14H,9-10H2,1-7H3;7,9-11H,6,8H2,1-5H3;3-4H2,1-2H3/t12-,13-,14+;9-,10+,11-;/m10./s1. The van der Waals surface area contributed by atoms with Crippen molar-refractivity contribution >= 4 is 18.5 Å². The highest BCUT2D eigenvalue weighted by Gasteiger charge is 2.63. The second kappa shape index (κ2) is 17.7. The lowest BCUT2D eigenvalue weighted by molar-refractivity contribution is -0.225. The van der Waals surface area contributed by atoms with Crippen molar-refractivity contribution in [3.05, 3.63) is 11.6 Å². The van der Waals surface area contributed by atoms with E-state index >= 15 is 0 Å². The van der Waals surface area contributed by atoms with Crippen LogP contribution in [0.15, 0.2) is 11.6 Å². The Morgan fingerprint density at radius 1 is 0.714 bits per heavy atom. The fraction of sp³-hybridized carbons (Fsp3) is 0.857. The van der Waals surface area contributed by atoms with E-state index in [0.29, 0.717) is 13.2 Å². The number of carbonyl (C=O) groups excluding carboxylic acids is 3. The van der Waals surface area contributed by atoms with Gasteiger partial charge in [0.2, 0.25) is 11.6 Å². The first kappa shape index (κ1) is 42.8. The van der Waals surface area contributed by atoms with Gasteiger partial charge in [0.1, 0.15) is 42.8 Å². The van der Waals surface area contributed by atoms with E-state index in [2.05, 4.69) is 6.08 Å². The first-order valence-electron chi connectivity index (χ1n) is 16.9. The lowest BCUT2D eigenvalue weighted by Gasteiger charge is -2.36. The number of rotatable bonds is 8. The quantitative estimate of drug-likeness (QED) is 0.201. The molecule has 49 heavy (non-hydrogen) atoms. The number of amides is 2. The Balaban J connectivity index is 0.000000300. The lowest BCUT2D eigenvalue weighted by Crippen LogP contribution is -2.55. The molecule has 14 heteroatoms. The van der Waals surface area contributed by atoms with Crippen LogP contribution in [0.2, 0.25) is 0 Å². The van der Waals surface area contributed by atoms with Gasteiger partial charge < -0.3 is 47.4 Å². The van der Waals surface area contributed by atoms with Crippen LogP contribution in [0.4, 0.5) is 9.59 Å². The largest absolute Gasteiger partial charge is 0.444 e. The van der Waals surface area contributed by atoms with Gasteiger partial charge in [-0.25, -0.2) is 9.59 Å². The summed E-state index contributed by atoms with van der Waals surface area (Å²) in [5.74, 6) is -2.33. The van der Waals surface area contributed by atoms with Gasteiger partial charge in [-0.15, -0.1) is 0 Å². The molecule has 0 radical (unpaired) electrons. The third-order valence-electron chi connectivity index (χ3n) is 8.58. The van der Waals surface area contributed by atoms with E-state index in [1.165, 1.54) is 24.7 Å². The molecule has 0 bridgehead atoms. The third kappa shape index (κ3) is 10.4. The van der Waals surface area contributed by atoms with Crippen molar-refractivity contribution in [2.75, 3.05) is 68.0 Å². The number of hydrogen-bond acceptors (Lipinski definition) is 12. The van der Waals surface area contributed by atoms with E-state index in [9.17, 15) is 14.4 Å². The topological polar surface area (TPSA) is 141 Å². The number of carbonyl (C=O) groups is 3. The number of allylic oxidation sites excluding steroid dienone is 1. The minimum atomic E-state index is -1.07. The highest BCUT2D eigenvalue weighted by atomic mass is 16.7. The van der Waals surface area contributed by atoms with E-state index in [1.807, 2.05) is 48.5 Å². The van der Waals surface area contributed by atoms with Gasteiger partial charge in [0.05, 0.1) is 18.1 Å². The van der Waals surface area contributed by atoms with Gasteiger partial charge in [0.25, 0.3) is 0 Å². The minimum Gasteiger partial charge on any atom is -0.444 e. The van der Waals surface area contributed by atoms with E-state index in [-0.39, 0.29) is 37.3 Å². The van der Waals surface area contributed by atoms with Gasteiger partial charge in [-0.1, -0.05) is 11.6 Å². The van der Waals surface area contributed by atoms with Crippen LogP contribution in [0, 0.1) is 11.8 Å². The molecule has 4 rings (SSSR count). The van der Waals surface area contributed by atoms with Crippen molar-refractivity contribution < 1.29 is 57.0 Å². The molecule has 0 aromatic carbocycles. The van der Waals surface area contributed by atoms with E-state index in [1.54, 1.807) is 39.9 Å². The summed E-state index contributed by atoms with van der Waals surface area (Å²) in [4.78, 5) is 39.5. The first-order chi connectivity index (χ1) is 22.8. The molecule has 14 nitrogen and oxygen atoms in total. The number of likely N-dealkylation sites (tertiary alicyclic amines) is 2. The SMILES string of the molecule is CCOCC.COC1(OC)CO[C@@H]2[C@H](C=C(C)C)CN(C(=O)OC(C)(C)C)[C@@H]21.COC1(OC)CO[C@@H]2[C@H](C=O)CN(C(=O)OC(C)(C)C)[C@@H]21. The van der Waals surface area contributed by atoms with Crippen LogP contribution in [0.1, 0.15) is 69.2 Å². The summed E-state index contributed by atoms with van der Waals surface area (Å²) in [6.45, 7) is 21.9. The van der Waals surface area contributed by atoms with Crippen LogP contribution in [0.5, 0.6) is 0 Å². The van der Waals surface area contributed by atoms with Crippen LogP contribution in [0.25, 0.3) is 0 Å². The van der Waals surface area contributed by atoms with Crippen molar-refractivity contribution in [1.82, 2.24) is 9.80 Å². The van der Waals surface area contributed by atoms with Gasteiger partial charge in [0, 0.05) is 60.7 Å². The smallest absolute Gasteiger partial charge is 0.410 e. The van der Waals surface area contributed by atoms with Crippen molar-refractivity contribution in [2.24, 2.45) is 11.8 Å². The predicted molar refractivity (Wildman–Crippen MR) is 181 cm³/mol. The van der Waals surface area contributed by atoms with Gasteiger partial charge in [-0.05, 0) is 69.2 Å². The minimum absolute atomic E-state index is 0.102. The molecule has 4 heterocycles. The number of nitrogens with zero attached hydrogens (tertiary/aromatic N) is 2. The van der Waals surface area contributed by atoms with Crippen LogP contribution in [-0.4, -0.2) is 143 Å². The second-order valence-corrected chi connectivity index (χ2v) is 14.6. The maximum atomic E-state index is 12.7. The van der Waals surface area contributed by atoms with Crippen LogP contribution < -0.4 is 0 Å². The van der Waals surface area contributed by atoms with Crippen molar-refractivity contribution in [3.8, 4) is 0 Å². The molecule has 2 amide bonds. The normalized spacial score (nSPS) is 28.0. The molecule has 284 valence electrons. The van der Waals surface area contributed by atoms with Crippen molar-refractivity contribution in [1.29, 1.82) is 0 Å². The lowest BCUT2D eigenvalue weighted by atomic mass is 9.97. The number of methoxy groups -OCH3 is 4. The molecule has 6 atom stereocenters. The molecule has 0 aromatic heterocycles. The van der Waals surface area contributed by atoms with Gasteiger partial charge >= 0.3 is 12.2 Å². The van der Waals surface area contributed by atoms with Gasteiger partial charge in [0.15, 0.2) is 0 Å². The molecule has 4 aliphatic heterocycles. The molecule has 0 N–H and O–H groups in total. The average Bonchev–Trinajstić information content (AvgIpc) is 3.77. The second-order valence-electron chi connectivity index (χ2n) is 14.6. The van der Waals surface area contributed by atoms with Crippen LogP contribution in [0.3, 0.4) is 0 Å². The Bertz CT molecular complexity index is 1100. The van der Waals surface area contributed by atoms with Gasteiger partial charge in [-0.3, -0.25) is 9.80 Å². The monoisotopic (exact) mass is 702 g/mol. The number of fused-ring (bicyclic) bond motifs is 2. The summed E-state index contributed by atoms with van der Waals surface area (Å²) >= 11 is 0. The van der Waals surface area contributed by atoms with Gasteiger partial charge in [-0.2, -0.15) is 0 Å². The zero-order valence-electron chi connectivity index (χ0n) is 32.2. The highest BCUT2D eigenvalue weighted by molar-refractivity contribution is 5.71. The molecule has 0 aliphatic carbocycles. The molecule has 4 saturated heterocycles. The molecule has 0 saturated carbocycles. The third-order valence-corrected chi connectivity index (χ3v) is 8.58. The summed E-state index contributed by atoms with van der Waals surface area (Å²) in [7, 11) is 6.15. The maximum Gasteiger partial charge on any atom is 0.410 e. The molecule has 4 fully saturated rings. The molecule has 0 spiro atoms. The number of aldehydes is 1. The Hall–Kier alpha value is -2.33. The zero-order valence-corrected chi connectivity index (χ0v) is 32.2. The molecule has 0 unspecified atom stereocenters. The average molecular weight is 703 g/mol. The van der Waals surface area contributed by atoms with Crippen molar-refractivity contribution in [2.45, 2.75) is 116 Å². The number of ether oxygens (including phenoxy) is 9.